The van der Waals surface area contributed by atoms with Gasteiger partial charge in [0.15, 0.2) is 14.1 Å². The Kier molecular flexibility index (Phi) is 4.16. The molecule has 0 bridgehead atoms. The van der Waals surface area contributed by atoms with Gasteiger partial charge in [0.25, 0.3) is 0 Å². The van der Waals surface area contributed by atoms with Gasteiger partial charge in [0.2, 0.25) is 0 Å². The van der Waals surface area contributed by atoms with E-state index in [0.29, 0.717) is 22.7 Å². The van der Waals surface area contributed by atoms with Gasteiger partial charge >= 0.3 is 0 Å². The minimum absolute atomic E-state index is 0.301. The van der Waals surface area contributed by atoms with E-state index >= 15 is 0 Å². The van der Waals surface area contributed by atoms with Gasteiger partial charge in [-0.15, -0.1) is 0 Å². The van der Waals surface area contributed by atoms with Crippen LogP contribution in [-0.4, -0.2) is 20.2 Å². The average Bonchev–Trinajstić information content (AvgIpc) is 2.83. The van der Waals surface area contributed by atoms with Crippen LogP contribution in [0.15, 0.2) is 11.6 Å². The molecule has 0 amide bonds. The minimum Gasteiger partial charge on any atom is -0.414 e. The fourth-order valence-electron chi connectivity index (χ4n) is 7.13. The molecule has 4 rings (SSSR count). The summed E-state index contributed by atoms with van der Waals surface area (Å²) in [5.41, 5.74) is 2.18. The zero-order chi connectivity index (χ0) is 18.0. The number of carbonyl (C=O) groups excluding carboxylic acids is 1. The second kappa shape index (κ2) is 5.79. The topological polar surface area (TPSA) is 26.3 Å². The maximum Gasteiger partial charge on any atom is 0.184 e. The Bertz CT molecular complexity index is 604. The van der Waals surface area contributed by atoms with Gasteiger partial charge in [0.05, 0.1) is 6.10 Å². The molecule has 0 aliphatic heterocycles. The largest absolute Gasteiger partial charge is 0.414 e. The summed E-state index contributed by atoms with van der Waals surface area (Å²) >= 11 is 0. The van der Waals surface area contributed by atoms with E-state index in [4.69, 9.17) is 4.43 Å². The van der Waals surface area contributed by atoms with E-state index in [9.17, 15) is 4.79 Å². The molecular weight excluding hydrogens is 324 g/mol. The zero-order valence-electron chi connectivity index (χ0n) is 16.9. The Morgan fingerprint density at radius 1 is 1.00 bits per heavy atom. The lowest BCUT2D eigenvalue weighted by molar-refractivity contribution is -0.117. The summed E-state index contributed by atoms with van der Waals surface area (Å²) in [4.78, 5) is 11.9. The lowest BCUT2D eigenvalue weighted by Gasteiger charge is -2.58. The van der Waals surface area contributed by atoms with Gasteiger partial charge in [-0.2, -0.15) is 0 Å². The van der Waals surface area contributed by atoms with Crippen LogP contribution >= 0.6 is 0 Å². The molecule has 0 N–H and O–H groups in total. The maximum atomic E-state index is 11.9. The van der Waals surface area contributed by atoms with E-state index in [2.05, 4.69) is 33.5 Å². The summed E-state index contributed by atoms with van der Waals surface area (Å²) in [7, 11) is -1.49. The van der Waals surface area contributed by atoms with E-state index in [0.717, 1.165) is 37.0 Å². The number of hydrogen-bond donors (Lipinski definition) is 0. The first-order valence-corrected chi connectivity index (χ1v) is 14.0. The first kappa shape index (κ1) is 18.0. The van der Waals surface area contributed by atoms with Crippen molar-refractivity contribution in [3.63, 3.8) is 0 Å². The van der Waals surface area contributed by atoms with Crippen molar-refractivity contribution in [1.82, 2.24) is 0 Å². The van der Waals surface area contributed by atoms with E-state index in [1.54, 1.807) is 0 Å². The van der Waals surface area contributed by atoms with E-state index in [-0.39, 0.29) is 0 Å². The lowest BCUT2D eigenvalue weighted by atomic mass is 9.47. The molecule has 3 heteroatoms. The monoisotopic (exact) mass is 360 g/mol. The molecule has 3 fully saturated rings. The van der Waals surface area contributed by atoms with Crippen LogP contribution in [0.5, 0.6) is 0 Å². The number of ketones is 1. The average molecular weight is 361 g/mol. The smallest absolute Gasteiger partial charge is 0.184 e. The highest BCUT2D eigenvalue weighted by atomic mass is 28.4. The molecular formula is C22H36O2Si. The van der Waals surface area contributed by atoms with Gasteiger partial charge in [-0.3, -0.25) is 4.79 Å². The summed E-state index contributed by atoms with van der Waals surface area (Å²) in [5.74, 6) is 2.85. The van der Waals surface area contributed by atoms with Crippen LogP contribution in [0.4, 0.5) is 0 Å². The number of carbonyl (C=O) groups is 1. The molecule has 6 atom stereocenters. The van der Waals surface area contributed by atoms with Crippen LogP contribution in [0.2, 0.25) is 19.6 Å². The van der Waals surface area contributed by atoms with Crippen molar-refractivity contribution < 1.29 is 9.22 Å². The second-order valence-electron chi connectivity index (χ2n) is 10.8. The second-order valence-corrected chi connectivity index (χ2v) is 15.3. The molecule has 1 unspecified atom stereocenters. The summed E-state index contributed by atoms with van der Waals surface area (Å²) in [6.07, 6.45) is 12.1. The summed E-state index contributed by atoms with van der Waals surface area (Å²) in [6.45, 7) is 12.0. The maximum absolute atomic E-state index is 11.9. The Morgan fingerprint density at radius 2 is 1.76 bits per heavy atom. The van der Waals surface area contributed by atoms with E-state index in [1.807, 2.05) is 6.08 Å². The summed E-state index contributed by atoms with van der Waals surface area (Å²) < 4.78 is 6.68. The van der Waals surface area contributed by atoms with Crippen molar-refractivity contribution in [2.75, 3.05) is 0 Å². The molecule has 0 spiro atoms. The Balaban J connectivity index is 1.60. The van der Waals surface area contributed by atoms with E-state index in [1.165, 1.54) is 37.7 Å². The molecule has 2 nitrogen and oxygen atoms in total. The molecule has 0 heterocycles. The third-order valence-corrected chi connectivity index (χ3v) is 9.36. The predicted molar refractivity (Wildman–Crippen MR) is 105 cm³/mol. The molecule has 25 heavy (non-hydrogen) atoms. The van der Waals surface area contributed by atoms with Crippen molar-refractivity contribution in [2.24, 2.45) is 28.6 Å². The summed E-state index contributed by atoms with van der Waals surface area (Å²) in [6, 6.07) is 0. The molecule has 0 aromatic heterocycles. The van der Waals surface area contributed by atoms with Crippen LogP contribution in [-0.2, 0) is 9.22 Å². The lowest BCUT2D eigenvalue weighted by Crippen LogP contribution is -2.52. The first-order valence-electron chi connectivity index (χ1n) is 10.6. The van der Waals surface area contributed by atoms with Gasteiger partial charge in [0, 0.05) is 6.42 Å². The van der Waals surface area contributed by atoms with Crippen molar-refractivity contribution in [3.05, 3.63) is 11.6 Å². The SMILES string of the molecule is C[C@]12CCC(=O)C=C1CC[C@@H]1[C@@H]2CC[C@]2(C)C(O[Si](C)(C)C)CC[C@@H]12. The van der Waals surface area contributed by atoms with Crippen LogP contribution in [0.1, 0.15) is 65.2 Å². The highest BCUT2D eigenvalue weighted by Gasteiger charge is 2.59. The molecule has 0 aromatic carbocycles. The van der Waals surface area contributed by atoms with Gasteiger partial charge < -0.3 is 4.43 Å². The highest BCUT2D eigenvalue weighted by Crippen LogP contribution is 2.65. The van der Waals surface area contributed by atoms with Crippen LogP contribution in [0.3, 0.4) is 0 Å². The van der Waals surface area contributed by atoms with Gasteiger partial charge in [-0.1, -0.05) is 19.4 Å². The van der Waals surface area contributed by atoms with Crippen molar-refractivity contribution in [3.8, 4) is 0 Å². The van der Waals surface area contributed by atoms with Crippen molar-refractivity contribution in [1.29, 1.82) is 0 Å². The highest BCUT2D eigenvalue weighted by molar-refractivity contribution is 6.69. The molecule has 0 aromatic rings. The molecule has 4 aliphatic carbocycles. The molecule has 0 saturated heterocycles. The van der Waals surface area contributed by atoms with Gasteiger partial charge in [-0.05, 0) is 99.2 Å². The Hall–Kier alpha value is -0.413. The third-order valence-electron chi connectivity index (χ3n) is 8.37. The van der Waals surface area contributed by atoms with Crippen LogP contribution in [0.25, 0.3) is 0 Å². The quantitative estimate of drug-likeness (QED) is 0.587. The van der Waals surface area contributed by atoms with Crippen LogP contribution < -0.4 is 0 Å². The van der Waals surface area contributed by atoms with Crippen molar-refractivity contribution in [2.45, 2.75) is 91.0 Å². The van der Waals surface area contributed by atoms with Gasteiger partial charge in [-0.25, -0.2) is 0 Å². The number of rotatable bonds is 2. The van der Waals surface area contributed by atoms with E-state index < -0.39 is 8.32 Å². The number of fused-ring (bicyclic) bond motifs is 5. The molecule has 4 aliphatic rings. The van der Waals surface area contributed by atoms with Gasteiger partial charge in [0.1, 0.15) is 0 Å². The number of allylic oxidation sites excluding steroid dienone is 1. The predicted octanol–water partition coefficient (Wildman–Crippen LogP) is 5.74. The fraction of sp³-hybridized carbons (Fsp3) is 0.864. The number of hydrogen-bond acceptors (Lipinski definition) is 2. The van der Waals surface area contributed by atoms with Crippen LogP contribution in [0, 0.1) is 28.6 Å². The molecule has 140 valence electrons. The Morgan fingerprint density at radius 3 is 2.48 bits per heavy atom. The third kappa shape index (κ3) is 2.81. The fourth-order valence-corrected chi connectivity index (χ4v) is 8.37. The first-order chi connectivity index (χ1) is 11.6. The Labute approximate surface area is 154 Å². The zero-order valence-corrected chi connectivity index (χ0v) is 17.9. The minimum atomic E-state index is -1.49. The van der Waals surface area contributed by atoms with Crippen molar-refractivity contribution >= 4 is 14.1 Å². The summed E-state index contributed by atoms with van der Waals surface area (Å²) in [5, 5.41) is 0. The normalized spacial score (nSPS) is 46.9. The molecule has 3 saturated carbocycles. The molecule has 0 radical (unpaired) electrons. The standard InChI is InChI=1S/C22H36O2Si/c1-21-12-10-16(23)14-15(21)6-7-17-18-8-9-20(24-25(3,4)5)22(18,2)13-11-19(17)21/h14,17-20H,6-13H2,1-5H3/t17-,18-,19-,20?,21-,22-/m0/s1.